The van der Waals surface area contributed by atoms with Crippen molar-refractivity contribution in [3.8, 4) is 5.75 Å². The second kappa shape index (κ2) is 25.6. The predicted octanol–water partition coefficient (Wildman–Crippen LogP) is 10.4. The number of nitrogens with one attached hydrogen (secondary N) is 1. The minimum atomic E-state index is -2.23. The van der Waals surface area contributed by atoms with Crippen molar-refractivity contribution >= 4 is 37.3 Å². The molecule has 1 amide bonds. The van der Waals surface area contributed by atoms with Gasteiger partial charge in [-0.2, -0.15) is 0 Å². The van der Waals surface area contributed by atoms with Gasteiger partial charge in [0, 0.05) is 54.2 Å². The van der Waals surface area contributed by atoms with E-state index in [1.165, 1.54) is 37.1 Å². The van der Waals surface area contributed by atoms with E-state index in [-0.39, 0.29) is 66.0 Å². The number of aromatic nitrogens is 1. The maximum absolute atomic E-state index is 13.9. The lowest BCUT2D eigenvalue weighted by Gasteiger charge is -2.45. The highest BCUT2D eigenvalue weighted by atomic mass is 32.1. The lowest BCUT2D eigenvalue weighted by molar-refractivity contribution is -0.153. The number of piperidine rings is 1. The molecule has 0 saturated carbocycles. The maximum atomic E-state index is 13.9. The lowest BCUT2D eigenvalue weighted by atomic mass is 9.75. The molecule has 2 heterocycles. The number of esters is 1. The molecule has 346 valence electrons. The van der Waals surface area contributed by atoms with E-state index < -0.39 is 8.32 Å². The molecule has 12 heteroatoms. The van der Waals surface area contributed by atoms with Gasteiger partial charge in [-0.15, -0.1) is 11.3 Å². The molecule has 0 bridgehead atoms. The summed E-state index contributed by atoms with van der Waals surface area (Å²) in [5.41, 5.74) is 1.32. The van der Waals surface area contributed by atoms with Crippen LogP contribution in [0.1, 0.15) is 160 Å². The fourth-order valence-electron chi connectivity index (χ4n) is 9.54. The third-order valence-electron chi connectivity index (χ3n) is 13.6. The molecule has 3 N–H and O–H groups in total. The number of benzene rings is 1. The molecule has 1 aliphatic rings. The molecule has 2 aromatic rings. The summed E-state index contributed by atoms with van der Waals surface area (Å²) in [6, 6.07) is 8.21. The molecule has 1 aliphatic heterocycles. The van der Waals surface area contributed by atoms with Crippen molar-refractivity contribution in [2.45, 2.75) is 189 Å². The van der Waals surface area contributed by atoms with Crippen molar-refractivity contribution < 1.29 is 29.0 Å². The van der Waals surface area contributed by atoms with Crippen molar-refractivity contribution in [1.82, 2.24) is 20.1 Å². The summed E-state index contributed by atoms with van der Waals surface area (Å²) >= 11 is 1.51. The number of thiazole rings is 1. The molecule has 1 fully saturated rings. The first kappa shape index (κ1) is 52.7. The van der Waals surface area contributed by atoms with E-state index in [0.29, 0.717) is 67.6 Å². The van der Waals surface area contributed by atoms with Crippen LogP contribution in [0.15, 0.2) is 29.6 Å². The van der Waals surface area contributed by atoms with Gasteiger partial charge >= 0.3 is 5.97 Å². The van der Waals surface area contributed by atoms with Crippen LogP contribution in [0.3, 0.4) is 0 Å². The molecule has 10 nitrogen and oxygen atoms in total. The van der Waals surface area contributed by atoms with Crippen molar-refractivity contribution in [3.63, 3.8) is 0 Å². The normalized spacial score (nSPS) is 19.2. The van der Waals surface area contributed by atoms with E-state index in [4.69, 9.17) is 9.72 Å². The van der Waals surface area contributed by atoms with Crippen molar-refractivity contribution in [2.24, 2.45) is 29.6 Å². The number of phenolic OH excluding ortho intramolecular Hbond substituents is 1. The van der Waals surface area contributed by atoms with Crippen LogP contribution in [-0.2, 0) is 20.7 Å². The number of aromatic hydroxyl groups is 1. The first-order chi connectivity index (χ1) is 28.7. The Morgan fingerprint density at radius 2 is 1.69 bits per heavy atom. The molecule has 61 heavy (non-hydrogen) atoms. The summed E-state index contributed by atoms with van der Waals surface area (Å²) < 4.78 is 6.05. The third kappa shape index (κ3) is 17.5. The Kier molecular flexibility index (Phi) is 22.1. The average molecular weight is 885 g/mol. The van der Waals surface area contributed by atoms with E-state index in [2.05, 4.69) is 70.6 Å². The van der Waals surface area contributed by atoms with Gasteiger partial charge in [0.15, 0.2) is 8.32 Å². The number of rotatable bonds is 27. The predicted molar refractivity (Wildman–Crippen MR) is 254 cm³/mol. The highest BCUT2D eigenvalue weighted by Gasteiger charge is 2.37. The van der Waals surface area contributed by atoms with Gasteiger partial charge in [-0.1, -0.05) is 80.4 Å². The summed E-state index contributed by atoms with van der Waals surface area (Å²) in [7, 11) is 0.0573. The SMILES string of the molecule is CCCC(=O)OCN(C(C)[C@@H](CC(C)[C@H]1CCCCN1C)C(C)CC)[C@H](C[C@@H](C)c1nc(C(=O)N[C@@H](Cc2ccc(O)cc2)C[C@H](C)C(=O)CCC[Si](C)(C)O)cs1)C(C)C. The van der Waals surface area contributed by atoms with Crippen LogP contribution >= 0.6 is 11.3 Å². The molecule has 3 rings (SSSR count). The summed E-state index contributed by atoms with van der Waals surface area (Å²) in [4.78, 5) is 60.2. The summed E-state index contributed by atoms with van der Waals surface area (Å²) in [6.07, 6.45) is 10.1. The van der Waals surface area contributed by atoms with Gasteiger partial charge in [0.05, 0.1) is 5.01 Å². The number of phenols is 1. The van der Waals surface area contributed by atoms with Gasteiger partial charge in [-0.3, -0.25) is 19.3 Å². The number of nitrogens with zero attached hydrogens (tertiary/aromatic N) is 3. The molecule has 3 unspecified atom stereocenters. The van der Waals surface area contributed by atoms with E-state index >= 15 is 0 Å². The van der Waals surface area contributed by atoms with E-state index in [1.807, 2.05) is 44.5 Å². The molecule has 1 aromatic heterocycles. The van der Waals surface area contributed by atoms with E-state index in [9.17, 15) is 24.3 Å². The van der Waals surface area contributed by atoms with Crippen LogP contribution in [0.4, 0.5) is 0 Å². The fraction of sp³-hybridized carbons (Fsp3) is 0.755. The molecule has 0 radical (unpaired) electrons. The Balaban J connectivity index is 1.83. The maximum Gasteiger partial charge on any atom is 0.307 e. The quantitative estimate of drug-likeness (QED) is 0.0456. The Labute approximate surface area is 375 Å². The molecular weight excluding hydrogens is 801 g/mol. The third-order valence-corrected chi connectivity index (χ3v) is 16.2. The number of carbonyl (C=O) groups excluding carboxylic acids is 3. The highest BCUT2D eigenvalue weighted by molar-refractivity contribution is 7.09. The minimum absolute atomic E-state index is 0.0502. The standard InChI is InChI=1S/C49H84N4O6SSi/c1-13-18-47(56)59-32-53(38(9)42(34(5)14-2)28-35(6)44-19-15-16-25-52(44)10)45(33(3)4)29-37(8)49-51-43(31-60-49)48(57)50-40(30-39-21-23-41(54)24-22-39)27-36(7)46(55)20-17-26-61(11,12)58/h21-24,31,33-38,40,42,44-45,54,58H,13-20,25-30,32H2,1-12H3,(H,50,57)/t34?,35?,36-,37+,38?,40+,42-,44+,45+/m0/s1. The van der Waals surface area contributed by atoms with E-state index in [1.54, 1.807) is 12.1 Å². The number of ether oxygens (including phenoxy) is 1. The van der Waals surface area contributed by atoms with Gasteiger partial charge in [0.25, 0.3) is 5.91 Å². The first-order valence-corrected chi connectivity index (χ1v) is 27.7. The van der Waals surface area contributed by atoms with Crippen LogP contribution in [0.5, 0.6) is 5.75 Å². The topological polar surface area (TPSA) is 132 Å². The van der Waals surface area contributed by atoms with Crippen LogP contribution < -0.4 is 5.32 Å². The smallest absolute Gasteiger partial charge is 0.307 e. The largest absolute Gasteiger partial charge is 0.508 e. The van der Waals surface area contributed by atoms with Crippen LogP contribution in [0.25, 0.3) is 0 Å². The number of hydrogen-bond donors (Lipinski definition) is 3. The number of hydrogen-bond acceptors (Lipinski definition) is 10. The van der Waals surface area contributed by atoms with Crippen molar-refractivity contribution in [2.75, 3.05) is 20.3 Å². The first-order valence-electron chi connectivity index (χ1n) is 23.6. The van der Waals surface area contributed by atoms with Gasteiger partial charge in [0.2, 0.25) is 0 Å². The molecule has 0 aliphatic carbocycles. The number of carbonyl (C=O) groups is 3. The van der Waals surface area contributed by atoms with E-state index in [0.717, 1.165) is 36.3 Å². The van der Waals surface area contributed by atoms with Crippen LogP contribution in [0, 0.1) is 29.6 Å². The number of ketones is 1. The highest BCUT2D eigenvalue weighted by Crippen LogP contribution is 2.37. The van der Waals surface area contributed by atoms with Gasteiger partial charge in [-0.05, 0) is 132 Å². The van der Waals surface area contributed by atoms with Crippen molar-refractivity contribution in [3.05, 3.63) is 45.9 Å². The zero-order valence-electron chi connectivity index (χ0n) is 40.0. The van der Waals surface area contributed by atoms with Gasteiger partial charge < -0.3 is 24.9 Å². The zero-order valence-corrected chi connectivity index (χ0v) is 41.9. The monoisotopic (exact) mass is 885 g/mol. The summed E-state index contributed by atoms with van der Waals surface area (Å²) in [5.74, 6) is 1.44. The second-order valence-electron chi connectivity index (χ2n) is 19.8. The second-order valence-corrected chi connectivity index (χ2v) is 24.8. The number of amides is 1. The van der Waals surface area contributed by atoms with Crippen LogP contribution in [-0.4, -0.2) is 95.2 Å². The number of Topliss-reactive ketones (excluding diaryl/α,β-unsaturated/α-hetero) is 1. The van der Waals surface area contributed by atoms with Crippen molar-refractivity contribution in [1.29, 1.82) is 0 Å². The van der Waals surface area contributed by atoms with Gasteiger partial charge in [-0.25, -0.2) is 4.98 Å². The minimum Gasteiger partial charge on any atom is -0.508 e. The summed E-state index contributed by atoms with van der Waals surface area (Å²) in [6.45, 7) is 25.3. The average Bonchev–Trinajstić information content (AvgIpc) is 3.70. The molecule has 1 aromatic carbocycles. The molecule has 1 saturated heterocycles. The Bertz CT molecular complexity index is 1610. The zero-order chi connectivity index (χ0) is 45.4. The molecule has 0 spiro atoms. The molecular formula is C49H84N4O6SSi. The Morgan fingerprint density at radius 3 is 2.30 bits per heavy atom. The Morgan fingerprint density at radius 1 is 1.00 bits per heavy atom. The number of likely N-dealkylation sites (tertiary alicyclic amines) is 1. The van der Waals surface area contributed by atoms with Crippen LogP contribution in [0.2, 0.25) is 19.1 Å². The lowest BCUT2D eigenvalue weighted by Crippen LogP contribution is -2.51. The molecule has 9 atom stereocenters. The summed E-state index contributed by atoms with van der Waals surface area (Å²) in [5, 5.41) is 15.8. The fourth-order valence-corrected chi connectivity index (χ4v) is 11.5. The van der Waals surface area contributed by atoms with Gasteiger partial charge in [0.1, 0.15) is 24.0 Å². The Hall–Kier alpha value is -2.64.